The van der Waals surface area contributed by atoms with Gasteiger partial charge < -0.3 is 9.64 Å². The van der Waals surface area contributed by atoms with Gasteiger partial charge in [0.1, 0.15) is 6.17 Å². The van der Waals surface area contributed by atoms with E-state index in [0.717, 1.165) is 13.0 Å². The number of ether oxygens (including phenoxy) is 1. The second-order valence-electron chi connectivity index (χ2n) is 6.06. The van der Waals surface area contributed by atoms with Gasteiger partial charge in [-0.25, -0.2) is 0 Å². The summed E-state index contributed by atoms with van der Waals surface area (Å²) in [6.07, 6.45) is 3.82. The first-order valence-electron chi connectivity index (χ1n) is 7.46. The van der Waals surface area contributed by atoms with Crippen LogP contribution in [0, 0.1) is 12.8 Å². The summed E-state index contributed by atoms with van der Waals surface area (Å²) >= 11 is 1.78. The molecule has 0 radical (unpaired) electrons. The third-order valence-electron chi connectivity index (χ3n) is 4.59. The van der Waals surface area contributed by atoms with Crippen LogP contribution in [0.5, 0.6) is 0 Å². The fraction of sp³-hybridized carbons (Fsp3) is 0.667. The lowest BCUT2D eigenvalue weighted by molar-refractivity contribution is -0.131. The second-order valence-corrected chi connectivity index (χ2v) is 7.38. The highest BCUT2D eigenvalue weighted by Gasteiger charge is 2.48. The lowest BCUT2D eigenvalue weighted by atomic mass is 10.0. The zero-order valence-corrected chi connectivity index (χ0v) is 12.5. The van der Waals surface area contributed by atoms with Crippen molar-refractivity contribution in [2.45, 2.75) is 44.5 Å². The van der Waals surface area contributed by atoms with Crippen molar-refractivity contribution in [3.8, 4) is 0 Å². The topological polar surface area (TPSA) is 41.6 Å². The van der Waals surface area contributed by atoms with Crippen molar-refractivity contribution in [1.82, 2.24) is 10.2 Å². The van der Waals surface area contributed by atoms with Gasteiger partial charge in [0.05, 0.1) is 18.7 Å². The average Bonchev–Trinajstić information content (AvgIpc) is 2.84. The molecule has 3 fully saturated rings. The summed E-state index contributed by atoms with van der Waals surface area (Å²) in [6, 6.07) is 4.54. The summed E-state index contributed by atoms with van der Waals surface area (Å²) < 4.78 is 5.92. The Hall–Kier alpha value is -0.910. The van der Waals surface area contributed by atoms with Gasteiger partial charge >= 0.3 is 0 Å². The SMILES string of the molecule is Cc1ccc(C2NCC(=O)N2C2CCOC2C2CC2)s1. The van der Waals surface area contributed by atoms with E-state index in [0.29, 0.717) is 12.5 Å². The number of carbonyl (C=O) groups is 1. The Morgan fingerprint density at radius 2 is 2.20 bits per heavy atom. The average molecular weight is 292 g/mol. The largest absolute Gasteiger partial charge is 0.376 e. The van der Waals surface area contributed by atoms with Crippen LogP contribution >= 0.6 is 11.3 Å². The molecule has 0 aromatic carbocycles. The van der Waals surface area contributed by atoms with Gasteiger partial charge in [0.25, 0.3) is 0 Å². The Kier molecular flexibility index (Phi) is 3.09. The minimum Gasteiger partial charge on any atom is -0.376 e. The highest BCUT2D eigenvalue weighted by atomic mass is 32.1. The van der Waals surface area contributed by atoms with Crippen molar-refractivity contribution in [1.29, 1.82) is 0 Å². The Morgan fingerprint density at radius 3 is 2.90 bits per heavy atom. The molecule has 3 aliphatic rings. The van der Waals surface area contributed by atoms with Gasteiger partial charge in [0.2, 0.25) is 5.91 Å². The van der Waals surface area contributed by atoms with Crippen molar-refractivity contribution in [2.24, 2.45) is 5.92 Å². The monoisotopic (exact) mass is 292 g/mol. The van der Waals surface area contributed by atoms with Gasteiger partial charge in [0, 0.05) is 16.4 Å². The van der Waals surface area contributed by atoms with Crippen LogP contribution in [0.15, 0.2) is 12.1 Å². The minimum atomic E-state index is 0.0501. The van der Waals surface area contributed by atoms with Crippen LogP contribution in [0.2, 0.25) is 0 Å². The quantitative estimate of drug-likeness (QED) is 0.927. The molecule has 3 unspecified atom stereocenters. The third-order valence-corrected chi connectivity index (χ3v) is 5.64. The first-order chi connectivity index (χ1) is 9.74. The zero-order valence-electron chi connectivity index (χ0n) is 11.7. The second kappa shape index (κ2) is 4.83. The summed E-state index contributed by atoms with van der Waals surface area (Å²) in [4.78, 5) is 17.0. The Morgan fingerprint density at radius 1 is 1.35 bits per heavy atom. The molecule has 3 atom stereocenters. The van der Waals surface area contributed by atoms with Crippen LogP contribution in [0.4, 0.5) is 0 Å². The number of thiophene rings is 1. The number of aryl methyl sites for hydroxylation is 1. The van der Waals surface area contributed by atoms with E-state index in [1.54, 1.807) is 11.3 Å². The molecule has 1 aliphatic carbocycles. The van der Waals surface area contributed by atoms with Crippen LogP contribution < -0.4 is 5.32 Å². The molecule has 1 aromatic heterocycles. The minimum absolute atomic E-state index is 0.0501. The number of nitrogens with one attached hydrogen (secondary N) is 1. The molecule has 4 rings (SSSR count). The number of amides is 1. The normalized spacial score (nSPS) is 34.1. The highest BCUT2D eigenvalue weighted by Crippen LogP contribution is 2.43. The number of rotatable bonds is 3. The van der Waals surface area contributed by atoms with Gasteiger partial charge in [-0.15, -0.1) is 11.3 Å². The molecule has 4 nitrogen and oxygen atoms in total. The van der Waals surface area contributed by atoms with E-state index in [4.69, 9.17) is 4.74 Å². The van der Waals surface area contributed by atoms with Crippen LogP contribution in [0.3, 0.4) is 0 Å². The maximum atomic E-state index is 12.4. The molecule has 0 spiro atoms. The van der Waals surface area contributed by atoms with Crippen molar-refractivity contribution in [3.05, 3.63) is 21.9 Å². The molecule has 1 N–H and O–H groups in total. The molecule has 2 saturated heterocycles. The first-order valence-corrected chi connectivity index (χ1v) is 8.28. The molecular weight excluding hydrogens is 272 g/mol. The summed E-state index contributed by atoms with van der Waals surface area (Å²) in [5.41, 5.74) is 0. The van der Waals surface area contributed by atoms with Crippen LogP contribution in [0.1, 0.15) is 35.2 Å². The maximum absolute atomic E-state index is 12.4. The van der Waals surface area contributed by atoms with Crippen LogP contribution in [-0.2, 0) is 9.53 Å². The fourth-order valence-corrected chi connectivity index (χ4v) is 4.46. The molecule has 1 amide bonds. The van der Waals surface area contributed by atoms with Crippen LogP contribution in [0.25, 0.3) is 0 Å². The van der Waals surface area contributed by atoms with E-state index in [1.165, 1.54) is 22.6 Å². The van der Waals surface area contributed by atoms with Gasteiger partial charge in [0.15, 0.2) is 0 Å². The summed E-state index contributed by atoms with van der Waals surface area (Å²) in [7, 11) is 0. The Bertz CT molecular complexity index is 526. The van der Waals surface area contributed by atoms with Crippen molar-refractivity contribution in [3.63, 3.8) is 0 Å². The van der Waals surface area contributed by atoms with Crippen molar-refractivity contribution >= 4 is 17.2 Å². The highest BCUT2D eigenvalue weighted by molar-refractivity contribution is 7.12. The zero-order chi connectivity index (χ0) is 13.7. The number of carbonyl (C=O) groups excluding carboxylic acids is 1. The molecule has 108 valence electrons. The summed E-state index contributed by atoms with van der Waals surface area (Å²) in [6.45, 7) is 3.36. The third kappa shape index (κ3) is 2.08. The maximum Gasteiger partial charge on any atom is 0.238 e. The fourth-order valence-electron chi connectivity index (χ4n) is 3.50. The lowest BCUT2D eigenvalue weighted by Gasteiger charge is -2.32. The molecule has 5 heteroatoms. The van der Waals surface area contributed by atoms with Crippen LogP contribution in [-0.4, -0.2) is 36.1 Å². The molecule has 1 saturated carbocycles. The van der Waals surface area contributed by atoms with E-state index in [2.05, 4.69) is 29.3 Å². The molecule has 1 aromatic rings. The smallest absolute Gasteiger partial charge is 0.238 e. The molecule has 3 heterocycles. The number of hydrogen-bond donors (Lipinski definition) is 1. The van der Waals surface area contributed by atoms with E-state index in [1.807, 2.05) is 0 Å². The molecule has 20 heavy (non-hydrogen) atoms. The Balaban J connectivity index is 1.61. The van der Waals surface area contributed by atoms with E-state index in [9.17, 15) is 4.79 Å². The number of nitrogens with zero attached hydrogens (tertiary/aromatic N) is 1. The van der Waals surface area contributed by atoms with E-state index >= 15 is 0 Å². The molecule has 0 bridgehead atoms. The number of hydrogen-bond acceptors (Lipinski definition) is 4. The van der Waals surface area contributed by atoms with E-state index < -0.39 is 0 Å². The standard InChI is InChI=1S/C15H20N2O2S/c1-9-2-5-12(20-9)15-16-8-13(18)17(15)11-6-7-19-14(11)10-3-4-10/h2,5,10-11,14-16H,3-4,6-8H2,1H3. The van der Waals surface area contributed by atoms with Gasteiger partial charge in [-0.1, -0.05) is 0 Å². The summed E-state index contributed by atoms with van der Waals surface area (Å²) in [5.74, 6) is 0.906. The molecule has 2 aliphatic heterocycles. The van der Waals surface area contributed by atoms with Gasteiger partial charge in [-0.3, -0.25) is 10.1 Å². The van der Waals surface area contributed by atoms with Gasteiger partial charge in [-0.05, 0) is 44.2 Å². The lowest BCUT2D eigenvalue weighted by Crippen LogP contribution is -2.44. The summed E-state index contributed by atoms with van der Waals surface area (Å²) in [5, 5.41) is 3.37. The van der Waals surface area contributed by atoms with Crippen molar-refractivity contribution < 1.29 is 9.53 Å². The predicted octanol–water partition coefficient (Wildman–Crippen LogP) is 2.05. The first kappa shape index (κ1) is 12.8. The van der Waals surface area contributed by atoms with Gasteiger partial charge in [-0.2, -0.15) is 0 Å². The van der Waals surface area contributed by atoms with E-state index in [-0.39, 0.29) is 24.2 Å². The van der Waals surface area contributed by atoms with Crippen molar-refractivity contribution in [2.75, 3.05) is 13.2 Å². The molecular formula is C15H20N2O2S. The predicted molar refractivity (Wildman–Crippen MR) is 77.5 cm³/mol. The Labute approximate surface area is 123 Å².